The van der Waals surface area contributed by atoms with Crippen molar-refractivity contribution in [2.45, 2.75) is 177 Å². The molecule has 0 unspecified atom stereocenters. The van der Waals surface area contributed by atoms with Crippen LogP contribution in [0, 0.1) is 23.7 Å². The van der Waals surface area contributed by atoms with Gasteiger partial charge in [-0.15, -0.1) is 0 Å². The lowest BCUT2D eigenvalue weighted by atomic mass is 9.87. The van der Waals surface area contributed by atoms with E-state index in [4.69, 9.17) is 55.6 Å². The lowest BCUT2D eigenvalue weighted by Gasteiger charge is -2.29. The number of aliphatic hydroxyl groups excluding tert-OH is 1. The number of carbonyl (C=O) groups excluding carboxylic acids is 2. The molecule has 8 rings (SSSR count). The number of aliphatic hydroxyl groups is 1. The molecule has 32 heteroatoms. The number of rotatable bonds is 17. The topological polar surface area (TPSA) is 209 Å². The van der Waals surface area contributed by atoms with Gasteiger partial charge in [0, 0.05) is 48.9 Å². The maximum absolute atomic E-state index is 12.7. The van der Waals surface area contributed by atoms with Crippen LogP contribution in [-0.4, -0.2) is 114 Å². The number of aromatic nitrogens is 4. The third kappa shape index (κ3) is 31.0. The van der Waals surface area contributed by atoms with Crippen LogP contribution in [0.15, 0.2) is 83.3 Å². The largest absolute Gasteiger partial charge is 0.481 e. The Hall–Kier alpha value is -5.05. The number of hydrogen-bond donors (Lipinski definition) is 3. The lowest BCUT2D eigenvalue weighted by Crippen LogP contribution is -2.30. The summed E-state index contributed by atoms with van der Waals surface area (Å²) in [6, 6.07) is 7.18. The fourth-order valence-corrected chi connectivity index (χ4v) is 11.2. The molecule has 0 atom stereocenters. The highest BCUT2D eigenvalue weighted by Gasteiger charge is 2.44. The first-order valence-corrected chi connectivity index (χ1v) is 32.6. The van der Waals surface area contributed by atoms with E-state index in [0.29, 0.717) is 97.4 Å². The maximum atomic E-state index is 12.7. The number of pyridine rings is 4. The minimum absolute atomic E-state index is 0.0823. The van der Waals surface area contributed by atoms with Gasteiger partial charge in [-0.3, -0.25) is 9.59 Å². The summed E-state index contributed by atoms with van der Waals surface area (Å²) < 4.78 is 189. The summed E-state index contributed by atoms with van der Waals surface area (Å²) in [6.07, 6.45) is -5.02. The summed E-state index contributed by atoms with van der Waals surface area (Å²) >= 11 is 14.7. The van der Waals surface area contributed by atoms with E-state index in [1.807, 2.05) is 12.1 Å². The first kappa shape index (κ1) is 83.2. The van der Waals surface area contributed by atoms with E-state index in [-0.39, 0.29) is 95.4 Å². The zero-order valence-electron chi connectivity index (χ0n) is 52.0. The molecule has 0 saturated heterocycles. The number of halogens is 16. The molecule has 4 aromatic rings. The predicted octanol–water partition coefficient (Wildman–Crippen LogP) is 17.4. The van der Waals surface area contributed by atoms with E-state index in [9.17, 15) is 62.3 Å². The second kappa shape index (κ2) is 41.3. The van der Waals surface area contributed by atoms with Gasteiger partial charge in [0.05, 0.1) is 120 Å². The van der Waals surface area contributed by atoms with Crippen LogP contribution in [0.25, 0.3) is 0 Å². The first-order chi connectivity index (χ1) is 44.2. The van der Waals surface area contributed by atoms with Crippen LogP contribution < -0.4 is 30.0 Å². The summed E-state index contributed by atoms with van der Waals surface area (Å²) in [5, 5.41) is 11.8. The molecule has 16 nitrogen and oxygen atoms in total. The van der Waals surface area contributed by atoms with E-state index in [2.05, 4.69) is 86.2 Å². The maximum Gasteiger partial charge on any atom is 0.391 e. The predicted molar refractivity (Wildman–Crippen MR) is 339 cm³/mol. The summed E-state index contributed by atoms with van der Waals surface area (Å²) in [5.41, 5.74) is 9.76. The van der Waals surface area contributed by atoms with Gasteiger partial charge in [-0.25, -0.2) is 19.9 Å². The highest BCUT2D eigenvalue weighted by atomic mass is 79.9. The summed E-state index contributed by atoms with van der Waals surface area (Å²) in [4.78, 5) is 37.1. The molecule has 94 heavy (non-hydrogen) atoms. The number of ether oxygens (including phenoxy) is 7. The Morgan fingerprint density at radius 2 is 0.819 bits per heavy atom. The molecule has 4 N–H and O–H groups in total. The number of hydrogen-bond acceptors (Lipinski definition) is 15. The van der Waals surface area contributed by atoms with Crippen molar-refractivity contribution in [1.82, 2.24) is 19.9 Å². The monoisotopic (exact) mass is 1570 g/mol. The van der Waals surface area contributed by atoms with Crippen LogP contribution >= 0.6 is 59.4 Å². The van der Waals surface area contributed by atoms with E-state index < -0.39 is 59.7 Å². The van der Waals surface area contributed by atoms with E-state index >= 15 is 0 Å². The Balaban J connectivity index is 0.000000309. The molecule has 4 aromatic heterocycles. The van der Waals surface area contributed by atoms with Gasteiger partial charge >= 0.3 is 24.7 Å². The molecule has 1 amide bonds. The Morgan fingerprint density at radius 1 is 0.521 bits per heavy atom. The smallest absolute Gasteiger partial charge is 0.391 e. The van der Waals surface area contributed by atoms with Gasteiger partial charge in [0.15, 0.2) is 0 Å². The molecular formula is C62H78Br3ClF12N6O10. The number of nitrogens with zero attached hydrogens (tertiary/aromatic N) is 4. The number of carbonyl (C=O) groups is 2. The van der Waals surface area contributed by atoms with Gasteiger partial charge in [-0.2, -0.15) is 52.7 Å². The van der Waals surface area contributed by atoms with E-state index in [0.717, 1.165) is 37.6 Å². The van der Waals surface area contributed by atoms with Gasteiger partial charge in [0.25, 0.3) is 0 Å². The van der Waals surface area contributed by atoms with E-state index in [1.165, 1.54) is 33.7 Å². The third-order valence-corrected chi connectivity index (χ3v) is 16.8. The normalized spacial score (nSPS) is 21.3. The average Bonchev–Trinajstić information content (AvgIpc) is 1.09. The molecular weight excluding hydrogens is 1490 g/mol. The van der Waals surface area contributed by atoms with Crippen molar-refractivity contribution in [1.29, 1.82) is 0 Å². The second-order valence-corrected chi connectivity index (χ2v) is 24.6. The van der Waals surface area contributed by atoms with Crippen molar-refractivity contribution in [2.75, 3.05) is 39.5 Å². The Bertz CT molecular complexity index is 2840. The van der Waals surface area contributed by atoms with Gasteiger partial charge in [0.2, 0.25) is 34.7 Å². The van der Waals surface area contributed by atoms with Crippen molar-refractivity contribution in [2.24, 2.45) is 23.7 Å². The van der Waals surface area contributed by atoms with E-state index in [1.54, 1.807) is 31.6 Å². The molecule has 0 spiro atoms. The number of allylic oxidation sites excluding steroid dienone is 1. The van der Waals surface area contributed by atoms with Gasteiger partial charge in [0.1, 0.15) is 0 Å². The zero-order valence-corrected chi connectivity index (χ0v) is 57.5. The summed E-state index contributed by atoms with van der Waals surface area (Å²) in [5.74, 6) is -3.24. The molecule has 4 heterocycles. The van der Waals surface area contributed by atoms with Crippen LogP contribution in [0.5, 0.6) is 23.5 Å². The number of amides is 1. The number of anilines is 2. The summed E-state index contributed by atoms with van der Waals surface area (Å²) in [7, 11) is 6.09. The second-order valence-electron chi connectivity index (χ2n) is 21.8. The van der Waals surface area contributed by atoms with Crippen molar-refractivity contribution in [3.8, 4) is 23.5 Å². The average molecular weight is 1570 g/mol. The first-order valence-electron chi connectivity index (χ1n) is 29.5. The lowest BCUT2D eigenvalue weighted by molar-refractivity contribution is -0.188. The number of alkyl halides is 13. The fraction of sp³-hybridized carbons (Fsp3) is 0.581. The standard InChI is InChI=1S/C17H21F3N2O3.C14H17BrF3NO2.C14H19F3N2O2.C7H7Br2NO.C7H11F3O.C3H3ClO/c1-3-15(23)22-13-8-11(16(24-2)21-9-13)10-25-14-6-4-12(5-7-14)17(18,19)20;1-20-13-9(6-11(15)7-19-13)8-21-12-4-2-10(3-5-12)14(16,17)18;1-20-13-9(6-11(18)7-19-13)8-21-12-4-2-10(3-5-12)14(15,16)17;1-11-7-5(3-8)2-6(9)4-10-7;8-7(9,10)5-1-3-6(11)4-2-5;1-2-3(4)5/h3,8-9,12,14H,1,4-7,10H2,2H3,(H,22,23);6-7,10,12H,2-5,8H2,1H3;6-7,10,12H,2-5,8,18H2,1H3;2,4H,3H2,1H3;5-6,11H,1-4H2;2H,1H2. The minimum atomic E-state index is -4.13. The van der Waals surface area contributed by atoms with Crippen molar-refractivity contribution >= 4 is 81.9 Å². The van der Waals surface area contributed by atoms with Gasteiger partial charge in [-0.1, -0.05) is 29.1 Å². The van der Waals surface area contributed by atoms with Crippen molar-refractivity contribution in [3.63, 3.8) is 0 Å². The molecule has 4 aliphatic carbocycles. The minimum Gasteiger partial charge on any atom is -0.481 e. The molecule has 0 aromatic carbocycles. The molecule has 0 bridgehead atoms. The molecule has 0 aliphatic heterocycles. The van der Waals surface area contributed by atoms with Crippen molar-refractivity contribution < 1.29 is 101 Å². The Morgan fingerprint density at radius 3 is 1.14 bits per heavy atom. The fourth-order valence-electron chi connectivity index (χ4n) is 10.1. The van der Waals surface area contributed by atoms with Gasteiger partial charge < -0.3 is 49.3 Å². The Labute approximate surface area is 568 Å². The number of nitrogens with two attached hydrogens (primary N) is 1. The molecule has 0 radical (unpaired) electrons. The summed E-state index contributed by atoms with van der Waals surface area (Å²) in [6.45, 7) is 7.13. The number of nitrogens with one attached hydrogen (secondary N) is 1. The zero-order chi connectivity index (χ0) is 70.4. The molecule has 4 saturated carbocycles. The van der Waals surface area contributed by atoms with Crippen LogP contribution in [0.1, 0.15) is 125 Å². The van der Waals surface area contributed by atoms with Gasteiger partial charge in [-0.05, 0) is 183 Å². The Kier molecular flexibility index (Phi) is 36.5. The van der Waals surface area contributed by atoms with Crippen LogP contribution in [0.3, 0.4) is 0 Å². The molecule has 528 valence electrons. The van der Waals surface area contributed by atoms with Crippen LogP contribution in [-0.2, 0) is 49.0 Å². The third-order valence-electron chi connectivity index (χ3n) is 15.2. The van der Waals surface area contributed by atoms with Crippen LogP contribution in [0.2, 0.25) is 0 Å². The molecule has 4 aliphatic rings. The molecule has 4 fully saturated rings. The highest BCUT2D eigenvalue weighted by Crippen LogP contribution is 2.42. The van der Waals surface area contributed by atoms with Crippen molar-refractivity contribution in [3.05, 3.63) is 106 Å². The quantitative estimate of drug-likeness (QED) is 0.0389. The van der Waals surface area contributed by atoms with Crippen LogP contribution in [0.4, 0.5) is 64.1 Å². The SMILES string of the molecule is C=CC(=O)Cl.C=CC(=O)Nc1cnc(OC)c(COC2CCC(C(F)(F)F)CC2)c1.COc1ncc(Br)cc1CBr.COc1ncc(Br)cc1COC1CCC(C(F)(F)F)CC1.COc1ncc(N)cc1COC1CCC(C(F)(F)F)CC1.OC1CCC(C(F)(F)F)CC1. The highest BCUT2D eigenvalue weighted by molar-refractivity contribution is 9.10. The number of nitrogen functional groups attached to an aromatic ring is 1. The number of methoxy groups -OCH3 is 4.